The predicted octanol–water partition coefficient (Wildman–Crippen LogP) is 3.83. The quantitative estimate of drug-likeness (QED) is 0.295. The van der Waals surface area contributed by atoms with Gasteiger partial charge in [0.1, 0.15) is 0 Å². The van der Waals surface area contributed by atoms with Gasteiger partial charge in [0.25, 0.3) is 0 Å². The molecule has 1 N–H and O–H groups in total. The van der Waals surface area contributed by atoms with E-state index < -0.39 is 11.7 Å². The Labute approximate surface area is 224 Å². The molecule has 0 saturated carbocycles. The van der Waals surface area contributed by atoms with E-state index in [-0.39, 0.29) is 37.7 Å². The van der Waals surface area contributed by atoms with Crippen molar-refractivity contribution < 1.29 is 14.6 Å². The van der Waals surface area contributed by atoms with Crippen LogP contribution in [0.1, 0.15) is 35.0 Å². The van der Waals surface area contributed by atoms with Gasteiger partial charge in [-0.1, -0.05) is 54.6 Å². The summed E-state index contributed by atoms with van der Waals surface area (Å²) in [5, 5.41) is 22.3. The summed E-state index contributed by atoms with van der Waals surface area (Å²) in [5.74, 6) is -0.804. The fourth-order valence-electron chi connectivity index (χ4n) is 4.72. The van der Waals surface area contributed by atoms with E-state index >= 15 is 0 Å². The number of benzene rings is 3. The monoisotopic (exact) mass is 521 g/mol. The first-order valence-electron chi connectivity index (χ1n) is 12.6. The zero-order chi connectivity index (χ0) is 27.4. The smallest absolute Gasteiger partial charge is 0.331 e. The van der Waals surface area contributed by atoms with Crippen LogP contribution in [0, 0.1) is 11.3 Å². The summed E-state index contributed by atoms with van der Waals surface area (Å²) in [4.78, 5) is 30.4. The van der Waals surface area contributed by atoms with Gasteiger partial charge in [0.15, 0.2) is 0 Å². The summed E-state index contributed by atoms with van der Waals surface area (Å²) in [6.07, 6.45) is 3.06. The molecule has 9 nitrogen and oxygen atoms in total. The lowest BCUT2D eigenvalue weighted by Gasteiger charge is -2.10. The van der Waals surface area contributed by atoms with Crippen molar-refractivity contribution >= 4 is 16.7 Å². The van der Waals surface area contributed by atoms with Gasteiger partial charge in [-0.25, -0.2) is 9.78 Å². The average molecular weight is 522 g/mol. The lowest BCUT2D eigenvalue weighted by atomic mass is 10.0. The van der Waals surface area contributed by atoms with Crippen molar-refractivity contribution in [2.24, 2.45) is 0 Å². The summed E-state index contributed by atoms with van der Waals surface area (Å²) in [5.41, 5.74) is 2.88. The first-order valence-corrected chi connectivity index (χ1v) is 12.6. The number of hydrogen-bond acceptors (Lipinski definition) is 6. The van der Waals surface area contributed by atoms with Crippen LogP contribution in [0.2, 0.25) is 0 Å². The van der Waals surface area contributed by atoms with Crippen LogP contribution in [0.5, 0.6) is 5.88 Å². The van der Waals surface area contributed by atoms with Crippen LogP contribution in [0.3, 0.4) is 0 Å². The van der Waals surface area contributed by atoms with E-state index in [0.717, 1.165) is 21.9 Å². The van der Waals surface area contributed by atoms with E-state index in [1.165, 1.54) is 9.13 Å². The molecule has 0 unspecified atom stereocenters. The molecule has 0 atom stereocenters. The minimum Gasteiger partial charge on any atom is -0.493 e. The van der Waals surface area contributed by atoms with Crippen LogP contribution >= 0.6 is 0 Å². The average Bonchev–Trinajstić information content (AvgIpc) is 3.47. The number of nitriles is 1. The number of aromatic nitrogens is 4. The number of hydrogen-bond donors (Lipinski definition) is 1. The largest absolute Gasteiger partial charge is 0.493 e. The highest BCUT2D eigenvalue weighted by atomic mass is 16.5. The Kier molecular flexibility index (Phi) is 7.28. The fraction of sp³-hybridized carbons (Fsp3) is 0.200. The maximum absolute atomic E-state index is 13.7. The van der Waals surface area contributed by atoms with Crippen molar-refractivity contribution in [1.82, 2.24) is 18.7 Å². The first-order chi connectivity index (χ1) is 19.0. The van der Waals surface area contributed by atoms with Crippen molar-refractivity contribution in [2.45, 2.75) is 33.0 Å². The number of nitrogens with zero attached hydrogens (tertiary/aromatic N) is 5. The van der Waals surface area contributed by atoms with E-state index in [1.807, 2.05) is 59.2 Å². The van der Waals surface area contributed by atoms with Gasteiger partial charge in [-0.3, -0.25) is 13.9 Å². The van der Waals surface area contributed by atoms with E-state index in [1.54, 1.807) is 31.6 Å². The Morgan fingerprint density at radius 3 is 2.54 bits per heavy atom. The number of carbonyl (C=O) groups is 1. The standard InChI is InChI=1S/C30H27N5O4/c1-2-39-28(36)14-27-29(37)35(19-25-16-32-20-33(25)17-22-12-10-21(15-31)11-13-22)30(38)34(27)18-24-8-5-7-23-6-3-4-9-26(23)24/h3-13,16,20,37H,2,14,17-19H2,1H3. The number of esters is 1. The van der Waals surface area contributed by atoms with Crippen LogP contribution in [0.25, 0.3) is 10.8 Å². The molecule has 2 heterocycles. The number of imidazole rings is 2. The minimum absolute atomic E-state index is 0.0549. The van der Waals surface area contributed by atoms with E-state index in [2.05, 4.69) is 11.1 Å². The number of carbonyl (C=O) groups excluding carboxylic acids is 1. The van der Waals surface area contributed by atoms with Crippen molar-refractivity contribution in [3.63, 3.8) is 0 Å². The fourth-order valence-corrected chi connectivity index (χ4v) is 4.72. The van der Waals surface area contributed by atoms with Gasteiger partial charge in [-0.2, -0.15) is 5.26 Å². The highest BCUT2D eigenvalue weighted by Crippen LogP contribution is 2.24. The maximum atomic E-state index is 13.7. The molecule has 0 aliphatic rings. The Morgan fingerprint density at radius 1 is 1.00 bits per heavy atom. The molecule has 0 fully saturated rings. The van der Waals surface area contributed by atoms with Crippen LogP contribution < -0.4 is 5.69 Å². The molecule has 5 rings (SSSR count). The molecule has 0 amide bonds. The molecule has 0 saturated heterocycles. The molecule has 5 aromatic rings. The van der Waals surface area contributed by atoms with E-state index in [4.69, 9.17) is 10.00 Å². The Balaban J connectivity index is 1.51. The van der Waals surface area contributed by atoms with Gasteiger partial charge < -0.3 is 14.4 Å². The van der Waals surface area contributed by atoms with Gasteiger partial charge in [-0.05, 0) is 41.0 Å². The Hall–Kier alpha value is -5.10. The van der Waals surface area contributed by atoms with Gasteiger partial charge in [-0.15, -0.1) is 0 Å². The summed E-state index contributed by atoms with van der Waals surface area (Å²) >= 11 is 0. The van der Waals surface area contributed by atoms with Gasteiger partial charge >= 0.3 is 11.7 Å². The van der Waals surface area contributed by atoms with Crippen molar-refractivity contribution in [1.29, 1.82) is 5.26 Å². The first kappa shape index (κ1) is 25.5. The van der Waals surface area contributed by atoms with E-state index in [9.17, 15) is 14.7 Å². The van der Waals surface area contributed by atoms with Crippen molar-refractivity contribution in [3.8, 4) is 11.9 Å². The van der Waals surface area contributed by atoms with Gasteiger partial charge in [0.2, 0.25) is 5.88 Å². The van der Waals surface area contributed by atoms with E-state index in [0.29, 0.717) is 17.8 Å². The molecule has 0 aliphatic carbocycles. The molecular formula is C30H27N5O4. The van der Waals surface area contributed by atoms with Crippen LogP contribution in [0.4, 0.5) is 0 Å². The summed E-state index contributed by atoms with van der Waals surface area (Å²) in [7, 11) is 0. The maximum Gasteiger partial charge on any atom is 0.331 e. The molecule has 0 aliphatic heterocycles. The highest BCUT2D eigenvalue weighted by molar-refractivity contribution is 5.85. The summed E-state index contributed by atoms with van der Waals surface area (Å²) in [6.45, 7) is 2.62. The molecule has 0 radical (unpaired) electrons. The SMILES string of the molecule is CCOC(=O)Cc1c(O)n(Cc2cncn2Cc2ccc(C#N)cc2)c(=O)n1Cc1cccc2ccccc12. The van der Waals surface area contributed by atoms with Crippen molar-refractivity contribution in [3.05, 3.63) is 118 Å². The zero-order valence-corrected chi connectivity index (χ0v) is 21.4. The minimum atomic E-state index is -0.525. The lowest BCUT2D eigenvalue weighted by molar-refractivity contribution is -0.142. The topological polar surface area (TPSA) is 115 Å². The zero-order valence-electron chi connectivity index (χ0n) is 21.4. The number of fused-ring (bicyclic) bond motifs is 1. The third-order valence-electron chi connectivity index (χ3n) is 6.68. The van der Waals surface area contributed by atoms with Crippen molar-refractivity contribution in [2.75, 3.05) is 6.61 Å². The third kappa shape index (κ3) is 5.31. The summed E-state index contributed by atoms with van der Waals surface area (Å²) in [6, 6.07) is 23.1. The Morgan fingerprint density at radius 2 is 1.77 bits per heavy atom. The molecule has 2 aromatic heterocycles. The molecular weight excluding hydrogens is 494 g/mol. The molecule has 0 bridgehead atoms. The molecule has 0 spiro atoms. The second-order valence-electron chi connectivity index (χ2n) is 9.17. The van der Waals surface area contributed by atoms with Crippen LogP contribution in [-0.2, 0) is 35.6 Å². The molecule has 9 heteroatoms. The van der Waals surface area contributed by atoms with Crippen LogP contribution in [-0.4, -0.2) is 36.4 Å². The van der Waals surface area contributed by atoms with Gasteiger partial charge in [0, 0.05) is 12.7 Å². The molecule has 39 heavy (non-hydrogen) atoms. The van der Waals surface area contributed by atoms with Gasteiger partial charge in [0.05, 0.1) is 55.5 Å². The molecule has 3 aromatic carbocycles. The summed E-state index contributed by atoms with van der Waals surface area (Å²) < 4.78 is 9.70. The normalized spacial score (nSPS) is 11.0. The second-order valence-corrected chi connectivity index (χ2v) is 9.17. The lowest BCUT2D eigenvalue weighted by Crippen LogP contribution is -2.27. The number of aromatic hydroxyl groups is 1. The second kappa shape index (κ2) is 11.1. The predicted molar refractivity (Wildman–Crippen MR) is 145 cm³/mol. The molecule has 196 valence electrons. The third-order valence-corrected chi connectivity index (χ3v) is 6.68. The number of ether oxygens (including phenoxy) is 1. The number of rotatable bonds is 9. The Bertz CT molecular complexity index is 1730. The highest BCUT2D eigenvalue weighted by Gasteiger charge is 2.24. The van der Waals surface area contributed by atoms with Crippen LogP contribution in [0.15, 0.2) is 84.0 Å².